The minimum atomic E-state index is -0.901. The van der Waals surface area contributed by atoms with E-state index in [0.717, 1.165) is 45.4 Å². The fraction of sp³-hybridized carbons (Fsp3) is 1.00. The first-order valence-electron chi connectivity index (χ1n) is 11.7. The van der Waals surface area contributed by atoms with E-state index in [1.54, 1.807) is 14.2 Å². The molecule has 1 saturated heterocycles. The SMILES string of the molecule is CCN1C[C@]2(COC)CC[C@H](O)[C@]34C1[C@H](C[C@@H]23)[C@@]1(O)C[C@H](OC)[C@H]2C[C@H]4[C@H]1[C@H]2O. The third kappa shape index (κ3) is 1.93. The number of hydrogen-bond acceptors (Lipinski definition) is 6. The summed E-state index contributed by atoms with van der Waals surface area (Å²) in [5.74, 6) is 0.553. The zero-order valence-corrected chi connectivity index (χ0v) is 18.0. The van der Waals surface area contributed by atoms with Crippen molar-refractivity contribution in [1.82, 2.24) is 4.90 Å². The number of methoxy groups -OCH3 is 2. The molecule has 29 heavy (non-hydrogen) atoms. The minimum Gasteiger partial charge on any atom is -0.392 e. The topological polar surface area (TPSA) is 82.4 Å². The van der Waals surface area contributed by atoms with Crippen LogP contribution in [0, 0.1) is 40.4 Å². The normalized spacial score (nSPS) is 62.5. The number of aliphatic hydroxyl groups excluding tert-OH is 2. The Morgan fingerprint density at radius 2 is 1.93 bits per heavy atom. The van der Waals surface area contributed by atoms with E-state index in [1.807, 2.05) is 0 Å². The number of hydrogen-bond donors (Lipinski definition) is 3. The first kappa shape index (κ1) is 19.4. The van der Waals surface area contributed by atoms with E-state index in [1.165, 1.54) is 0 Å². The van der Waals surface area contributed by atoms with Crippen LogP contribution in [0.25, 0.3) is 0 Å². The summed E-state index contributed by atoms with van der Waals surface area (Å²) in [7, 11) is 3.52. The number of rotatable bonds is 4. The van der Waals surface area contributed by atoms with Crippen molar-refractivity contribution in [3.8, 4) is 0 Å². The maximum Gasteiger partial charge on any atom is 0.0771 e. The zero-order chi connectivity index (χ0) is 20.3. The van der Waals surface area contributed by atoms with Crippen molar-refractivity contribution in [2.45, 2.75) is 69.0 Å². The Morgan fingerprint density at radius 1 is 1.14 bits per heavy atom. The monoisotopic (exact) mass is 407 g/mol. The number of fused-ring (bicyclic) bond motifs is 2. The molecule has 0 amide bonds. The Balaban J connectivity index is 1.57. The molecule has 1 aliphatic heterocycles. The van der Waals surface area contributed by atoms with Crippen LogP contribution in [0.2, 0.25) is 0 Å². The molecule has 1 heterocycles. The van der Waals surface area contributed by atoms with E-state index in [2.05, 4.69) is 11.8 Å². The lowest BCUT2D eigenvalue weighted by atomic mass is 9.43. The maximum absolute atomic E-state index is 12.2. The van der Waals surface area contributed by atoms with Crippen LogP contribution >= 0.6 is 0 Å². The van der Waals surface area contributed by atoms with Crippen molar-refractivity contribution in [3.63, 3.8) is 0 Å². The standard InChI is InChI=1S/C23H37NO5/c1-4-24-10-21(11-28-2)6-5-17(25)23-13-7-12-15(29-3)9-22(27,18(13)19(12)26)14(20(23)24)8-16(21)23/h12-20,25-27H,4-11H2,1-3H3/t12-,13+,14+,15+,16+,17+,18+,19+,20?,21+,22+,23-/m1/s1. The van der Waals surface area contributed by atoms with Crippen LogP contribution in [-0.4, -0.2) is 84.1 Å². The van der Waals surface area contributed by atoms with Crippen LogP contribution in [0.5, 0.6) is 0 Å². The first-order valence-corrected chi connectivity index (χ1v) is 11.7. The molecule has 6 heteroatoms. The molecule has 1 unspecified atom stereocenters. The van der Waals surface area contributed by atoms with Gasteiger partial charge in [-0.25, -0.2) is 0 Å². The van der Waals surface area contributed by atoms with Gasteiger partial charge in [-0.2, -0.15) is 0 Å². The molecule has 164 valence electrons. The summed E-state index contributed by atoms with van der Waals surface area (Å²) in [6.07, 6.45) is 3.27. The van der Waals surface area contributed by atoms with Gasteiger partial charge in [-0.3, -0.25) is 4.90 Å². The van der Waals surface area contributed by atoms with Crippen molar-refractivity contribution < 1.29 is 24.8 Å². The third-order valence-electron chi connectivity index (χ3n) is 10.9. The van der Waals surface area contributed by atoms with Crippen LogP contribution in [-0.2, 0) is 9.47 Å². The van der Waals surface area contributed by atoms with Gasteiger partial charge in [0.25, 0.3) is 0 Å². The van der Waals surface area contributed by atoms with Gasteiger partial charge >= 0.3 is 0 Å². The molecule has 1 spiro atoms. The summed E-state index contributed by atoms with van der Waals surface area (Å²) >= 11 is 0. The number of piperidine rings is 1. The Morgan fingerprint density at radius 3 is 2.62 bits per heavy atom. The number of aliphatic hydroxyl groups is 3. The second-order valence-electron chi connectivity index (χ2n) is 11.2. The van der Waals surface area contributed by atoms with E-state index in [9.17, 15) is 15.3 Å². The highest BCUT2D eigenvalue weighted by molar-refractivity contribution is 5.33. The van der Waals surface area contributed by atoms with Gasteiger partial charge in [0.2, 0.25) is 0 Å². The minimum absolute atomic E-state index is 0.0495. The van der Waals surface area contributed by atoms with E-state index in [0.29, 0.717) is 12.3 Å². The molecular weight excluding hydrogens is 370 g/mol. The molecule has 6 fully saturated rings. The van der Waals surface area contributed by atoms with Crippen LogP contribution in [0.15, 0.2) is 0 Å². The predicted octanol–water partition coefficient (Wildman–Crippen LogP) is 0.877. The highest BCUT2D eigenvalue weighted by atomic mass is 16.5. The first-order chi connectivity index (χ1) is 13.9. The van der Waals surface area contributed by atoms with Gasteiger partial charge in [0.15, 0.2) is 0 Å². The van der Waals surface area contributed by atoms with Gasteiger partial charge in [0, 0.05) is 61.8 Å². The molecule has 0 aromatic rings. The van der Waals surface area contributed by atoms with E-state index in [-0.39, 0.29) is 52.8 Å². The van der Waals surface area contributed by atoms with Gasteiger partial charge in [-0.15, -0.1) is 0 Å². The van der Waals surface area contributed by atoms with E-state index >= 15 is 0 Å². The van der Waals surface area contributed by atoms with Crippen molar-refractivity contribution in [2.24, 2.45) is 40.4 Å². The molecule has 5 aliphatic carbocycles. The summed E-state index contributed by atoms with van der Waals surface area (Å²) in [4.78, 5) is 2.57. The summed E-state index contributed by atoms with van der Waals surface area (Å²) < 4.78 is 11.6. The molecule has 7 bridgehead atoms. The Labute approximate surface area is 173 Å². The quantitative estimate of drug-likeness (QED) is 0.642. The highest BCUT2D eigenvalue weighted by Gasteiger charge is 2.83. The van der Waals surface area contributed by atoms with Crippen molar-refractivity contribution in [2.75, 3.05) is 33.9 Å². The lowest BCUT2D eigenvalue weighted by Crippen LogP contribution is -2.76. The lowest BCUT2D eigenvalue weighted by molar-refractivity contribution is -0.272. The molecular formula is C23H37NO5. The molecule has 0 aromatic heterocycles. The molecule has 3 N–H and O–H groups in total. The summed E-state index contributed by atoms with van der Waals surface area (Å²) in [5, 5.41) is 35.2. The number of ether oxygens (including phenoxy) is 2. The fourth-order valence-electron chi connectivity index (χ4n) is 10.4. The molecule has 0 aromatic carbocycles. The zero-order valence-electron chi connectivity index (χ0n) is 18.0. The second kappa shape index (κ2) is 5.96. The Kier molecular flexibility index (Phi) is 4.00. The van der Waals surface area contributed by atoms with Crippen molar-refractivity contribution >= 4 is 0 Å². The van der Waals surface area contributed by atoms with Crippen LogP contribution < -0.4 is 0 Å². The van der Waals surface area contributed by atoms with Crippen LogP contribution in [0.3, 0.4) is 0 Å². The highest BCUT2D eigenvalue weighted by Crippen LogP contribution is 2.78. The van der Waals surface area contributed by atoms with Crippen LogP contribution in [0.4, 0.5) is 0 Å². The molecule has 0 radical (unpaired) electrons. The molecule has 6 nitrogen and oxygen atoms in total. The Bertz CT molecular complexity index is 705. The van der Waals surface area contributed by atoms with Gasteiger partial charge < -0.3 is 24.8 Å². The number of nitrogens with zero attached hydrogens (tertiary/aromatic N) is 1. The average Bonchev–Trinajstić information content (AvgIpc) is 3.13. The predicted molar refractivity (Wildman–Crippen MR) is 106 cm³/mol. The summed E-state index contributed by atoms with van der Waals surface area (Å²) in [5.41, 5.74) is -1.08. The molecule has 6 rings (SSSR count). The molecule has 6 aliphatic rings. The number of likely N-dealkylation sites (tertiary alicyclic amines) is 1. The largest absolute Gasteiger partial charge is 0.392 e. The smallest absolute Gasteiger partial charge is 0.0771 e. The Hall–Kier alpha value is -0.240. The van der Waals surface area contributed by atoms with Crippen molar-refractivity contribution in [3.05, 3.63) is 0 Å². The van der Waals surface area contributed by atoms with E-state index in [4.69, 9.17) is 9.47 Å². The molecule has 12 atom stereocenters. The van der Waals surface area contributed by atoms with Crippen molar-refractivity contribution in [1.29, 1.82) is 0 Å². The van der Waals surface area contributed by atoms with Crippen LogP contribution in [0.1, 0.15) is 39.0 Å². The summed E-state index contributed by atoms with van der Waals surface area (Å²) in [6.45, 7) is 4.88. The van der Waals surface area contributed by atoms with Gasteiger partial charge in [0.05, 0.1) is 30.5 Å². The third-order valence-corrected chi connectivity index (χ3v) is 10.9. The van der Waals surface area contributed by atoms with Gasteiger partial charge in [0.1, 0.15) is 0 Å². The van der Waals surface area contributed by atoms with Gasteiger partial charge in [-0.1, -0.05) is 6.92 Å². The average molecular weight is 408 g/mol. The molecule has 5 saturated carbocycles. The second-order valence-corrected chi connectivity index (χ2v) is 11.2. The van der Waals surface area contributed by atoms with Gasteiger partial charge in [-0.05, 0) is 44.1 Å². The van der Waals surface area contributed by atoms with E-state index < -0.39 is 11.7 Å². The maximum atomic E-state index is 12.2. The lowest BCUT2D eigenvalue weighted by Gasteiger charge is -2.69. The fourth-order valence-corrected chi connectivity index (χ4v) is 10.4. The summed E-state index contributed by atoms with van der Waals surface area (Å²) in [6, 6.07) is 0.200.